The van der Waals surface area contributed by atoms with Crippen LogP contribution in [-0.2, 0) is 9.53 Å². The summed E-state index contributed by atoms with van der Waals surface area (Å²) in [4.78, 5) is 21.7. The maximum Gasteiger partial charge on any atom is 0.404 e. The molecule has 1 aliphatic rings. The Kier molecular flexibility index (Phi) is 3.14. The second-order valence-electron chi connectivity index (χ2n) is 3.84. The van der Waals surface area contributed by atoms with Crippen LogP contribution in [0.15, 0.2) is 10.7 Å². The second-order valence-corrected chi connectivity index (χ2v) is 4.70. The highest BCUT2D eigenvalue weighted by molar-refractivity contribution is 9.10. The Morgan fingerprint density at radius 2 is 2.41 bits per heavy atom. The van der Waals surface area contributed by atoms with Crippen LogP contribution < -0.4 is 0 Å². The largest absolute Gasteiger partial charge is 0.467 e. The van der Waals surface area contributed by atoms with Crippen LogP contribution >= 0.6 is 15.9 Å². The fourth-order valence-electron chi connectivity index (χ4n) is 1.68. The molecule has 8 heteroatoms. The van der Waals surface area contributed by atoms with E-state index in [1.54, 1.807) is 0 Å². The van der Waals surface area contributed by atoms with Crippen molar-refractivity contribution in [3.8, 4) is 0 Å². The summed E-state index contributed by atoms with van der Waals surface area (Å²) >= 11 is 3.05. The molecule has 1 fully saturated rings. The van der Waals surface area contributed by atoms with Crippen molar-refractivity contribution in [3.05, 3.63) is 20.8 Å². The summed E-state index contributed by atoms with van der Waals surface area (Å²) in [5.41, 5.74) is 0. The number of nitrogens with zero attached hydrogens (tertiary/aromatic N) is 3. The summed E-state index contributed by atoms with van der Waals surface area (Å²) in [6.07, 6.45) is 3.26. The van der Waals surface area contributed by atoms with Crippen molar-refractivity contribution in [2.24, 2.45) is 5.92 Å². The van der Waals surface area contributed by atoms with Crippen LogP contribution in [0.2, 0.25) is 0 Å². The lowest BCUT2D eigenvalue weighted by atomic mass is 10.2. The molecule has 7 nitrogen and oxygen atoms in total. The molecule has 0 radical (unpaired) electrons. The molecule has 0 spiro atoms. The molecule has 0 amide bonds. The highest BCUT2D eigenvalue weighted by atomic mass is 79.9. The minimum atomic E-state index is -0.595. The summed E-state index contributed by atoms with van der Waals surface area (Å²) in [6, 6.07) is -0.565. The van der Waals surface area contributed by atoms with E-state index in [4.69, 9.17) is 4.74 Å². The van der Waals surface area contributed by atoms with E-state index in [1.807, 2.05) is 0 Å². The van der Waals surface area contributed by atoms with E-state index in [1.165, 1.54) is 18.0 Å². The SMILES string of the molecule is COC(=O)C(C1CC1)n1cc(Br)c([N+](=O)[O-])n1. The molecule has 1 atom stereocenters. The van der Waals surface area contributed by atoms with Crippen molar-refractivity contribution in [3.63, 3.8) is 0 Å². The number of nitro groups is 1. The van der Waals surface area contributed by atoms with Gasteiger partial charge in [0, 0.05) is 0 Å². The number of ether oxygens (including phenoxy) is 1. The van der Waals surface area contributed by atoms with E-state index in [0.717, 1.165) is 12.8 Å². The Morgan fingerprint density at radius 1 is 1.76 bits per heavy atom. The molecule has 0 N–H and O–H groups in total. The quantitative estimate of drug-likeness (QED) is 0.480. The van der Waals surface area contributed by atoms with E-state index >= 15 is 0 Å². The highest BCUT2D eigenvalue weighted by Crippen LogP contribution is 2.41. The molecule has 1 aliphatic carbocycles. The minimum Gasteiger partial charge on any atom is -0.467 e. The number of carbonyl (C=O) groups excluding carboxylic acids is 1. The molecule has 2 rings (SSSR count). The smallest absolute Gasteiger partial charge is 0.404 e. The molecule has 0 aliphatic heterocycles. The fraction of sp³-hybridized carbons (Fsp3) is 0.556. The number of carbonyl (C=O) groups is 1. The van der Waals surface area contributed by atoms with E-state index < -0.39 is 16.9 Å². The number of hydrogen-bond acceptors (Lipinski definition) is 5. The van der Waals surface area contributed by atoms with Gasteiger partial charge in [-0.2, -0.15) is 4.68 Å². The van der Waals surface area contributed by atoms with E-state index in [-0.39, 0.29) is 16.2 Å². The molecule has 0 saturated heterocycles. The van der Waals surface area contributed by atoms with Gasteiger partial charge in [-0.15, -0.1) is 0 Å². The van der Waals surface area contributed by atoms with Crippen molar-refractivity contribution in [2.75, 3.05) is 7.11 Å². The molecule has 1 aromatic heterocycles. The molecule has 1 saturated carbocycles. The summed E-state index contributed by atoms with van der Waals surface area (Å²) in [7, 11) is 1.30. The van der Waals surface area contributed by atoms with E-state index in [9.17, 15) is 14.9 Å². The topological polar surface area (TPSA) is 87.3 Å². The van der Waals surface area contributed by atoms with Gasteiger partial charge in [0.2, 0.25) is 0 Å². The Hall–Kier alpha value is -1.44. The zero-order valence-corrected chi connectivity index (χ0v) is 10.6. The van der Waals surface area contributed by atoms with Gasteiger partial charge in [0.05, 0.1) is 18.4 Å². The van der Waals surface area contributed by atoms with E-state index in [2.05, 4.69) is 21.0 Å². The van der Waals surface area contributed by atoms with Crippen molar-refractivity contribution < 1.29 is 14.5 Å². The third-order valence-electron chi connectivity index (χ3n) is 2.64. The normalized spacial score (nSPS) is 16.6. The van der Waals surface area contributed by atoms with Gasteiger partial charge in [-0.25, -0.2) is 4.79 Å². The van der Waals surface area contributed by atoms with Gasteiger partial charge in [0.25, 0.3) is 0 Å². The van der Waals surface area contributed by atoms with Crippen LogP contribution in [0.5, 0.6) is 0 Å². The fourth-order valence-corrected chi connectivity index (χ4v) is 2.11. The highest BCUT2D eigenvalue weighted by Gasteiger charge is 2.41. The second kappa shape index (κ2) is 4.44. The van der Waals surface area contributed by atoms with Crippen LogP contribution in [0.1, 0.15) is 18.9 Å². The maximum atomic E-state index is 11.6. The molecule has 17 heavy (non-hydrogen) atoms. The van der Waals surface area contributed by atoms with Crippen LogP contribution in [0.4, 0.5) is 5.82 Å². The standard InChI is InChI=1S/C9H10BrN3O4/c1-17-9(14)7(5-2-3-5)12-4-6(10)8(11-12)13(15)16/h4-5,7H,2-3H2,1H3. The number of esters is 1. The number of halogens is 1. The first kappa shape index (κ1) is 12.0. The number of hydrogen-bond donors (Lipinski definition) is 0. The van der Waals surface area contributed by atoms with Crippen molar-refractivity contribution in [1.29, 1.82) is 0 Å². The minimum absolute atomic E-state index is 0.161. The molecule has 1 unspecified atom stereocenters. The summed E-state index contributed by atoms with van der Waals surface area (Å²) < 4.78 is 6.27. The monoisotopic (exact) mass is 303 g/mol. The third-order valence-corrected chi connectivity index (χ3v) is 3.20. The van der Waals surface area contributed by atoms with Gasteiger partial charge in [-0.1, -0.05) is 0 Å². The lowest BCUT2D eigenvalue weighted by Crippen LogP contribution is -2.23. The Balaban J connectivity index is 2.33. The van der Waals surface area contributed by atoms with Crippen LogP contribution in [0.25, 0.3) is 0 Å². The molecule has 1 heterocycles. The molecule has 1 aromatic rings. The summed E-state index contributed by atoms with van der Waals surface area (Å²) in [6.45, 7) is 0. The van der Waals surface area contributed by atoms with Gasteiger partial charge < -0.3 is 14.9 Å². The van der Waals surface area contributed by atoms with Crippen LogP contribution in [-0.4, -0.2) is 27.8 Å². The predicted octanol–water partition coefficient (Wildman–Crippen LogP) is 1.68. The van der Waals surface area contributed by atoms with Gasteiger partial charge in [-0.3, -0.25) is 0 Å². The first-order valence-corrected chi connectivity index (χ1v) is 5.80. The van der Waals surface area contributed by atoms with Crippen molar-refractivity contribution in [2.45, 2.75) is 18.9 Å². The molecule has 0 bridgehead atoms. The third kappa shape index (κ3) is 2.31. The van der Waals surface area contributed by atoms with Gasteiger partial charge in [-0.05, 0) is 39.6 Å². The Bertz CT molecular complexity index is 469. The van der Waals surface area contributed by atoms with Gasteiger partial charge in [0.15, 0.2) is 6.04 Å². The average Bonchev–Trinajstić information content (AvgIpc) is 3.02. The number of rotatable bonds is 4. The van der Waals surface area contributed by atoms with Crippen molar-refractivity contribution in [1.82, 2.24) is 9.78 Å². The predicted molar refractivity (Wildman–Crippen MR) is 60.4 cm³/mol. The molecule has 92 valence electrons. The number of methoxy groups -OCH3 is 1. The van der Waals surface area contributed by atoms with Crippen molar-refractivity contribution >= 4 is 27.7 Å². The average molecular weight is 304 g/mol. The zero-order chi connectivity index (χ0) is 12.6. The molecular formula is C9H10BrN3O4. The Morgan fingerprint density at radius 3 is 2.82 bits per heavy atom. The molecular weight excluding hydrogens is 294 g/mol. The van der Waals surface area contributed by atoms with Gasteiger partial charge in [0.1, 0.15) is 4.47 Å². The first-order valence-electron chi connectivity index (χ1n) is 5.01. The van der Waals surface area contributed by atoms with Crippen LogP contribution in [0, 0.1) is 16.0 Å². The number of aromatic nitrogens is 2. The zero-order valence-electron chi connectivity index (χ0n) is 9.00. The first-order chi connectivity index (χ1) is 8.04. The Labute approximate surface area is 105 Å². The lowest BCUT2D eigenvalue weighted by molar-refractivity contribution is -0.390. The summed E-state index contributed by atoms with van der Waals surface area (Å²) in [5, 5.41) is 14.5. The summed E-state index contributed by atoms with van der Waals surface area (Å²) in [5.74, 6) is -0.550. The van der Waals surface area contributed by atoms with Crippen LogP contribution in [0.3, 0.4) is 0 Å². The molecule has 0 aromatic carbocycles. The van der Waals surface area contributed by atoms with E-state index in [0.29, 0.717) is 0 Å². The lowest BCUT2D eigenvalue weighted by Gasteiger charge is -2.10. The van der Waals surface area contributed by atoms with Gasteiger partial charge >= 0.3 is 11.8 Å². The maximum absolute atomic E-state index is 11.6.